The van der Waals surface area contributed by atoms with E-state index in [4.69, 9.17) is 13.9 Å². The molecule has 0 saturated carbocycles. The van der Waals surface area contributed by atoms with Crippen LogP contribution in [0, 0.1) is 0 Å². The second kappa shape index (κ2) is 13.7. The maximum absolute atomic E-state index is 6.55. The quantitative estimate of drug-likeness (QED) is 0.133. The monoisotopic (exact) mass is 542 g/mol. The molecule has 7 heteroatoms. The molecule has 1 aliphatic rings. The van der Waals surface area contributed by atoms with Crippen LogP contribution in [0.3, 0.4) is 0 Å². The third-order valence-electron chi connectivity index (χ3n) is 7.00. The standard InChI is InChI=1S/C27H50O3S2Si2/c1-26(2,3)34(7,8)30-18-16-24(29-23-28-19-21-33(4,5)6)22-27(17-12-13-20-31-27)32-25-14-10-9-11-15-25/h9-11,14-15,24H,12-13,16-23H2,1-8H3/t24-,27+/m1/s1. The molecule has 1 saturated heterocycles. The lowest BCUT2D eigenvalue weighted by atomic mass is 10.1. The summed E-state index contributed by atoms with van der Waals surface area (Å²) >= 11 is 4.19. The molecule has 2 rings (SSSR count). The van der Waals surface area contributed by atoms with Crippen molar-refractivity contribution in [3.63, 3.8) is 0 Å². The predicted octanol–water partition coefficient (Wildman–Crippen LogP) is 8.89. The van der Waals surface area contributed by atoms with Crippen LogP contribution >= 0.6 is 23.5 Å². The van der Waals surface area contributed by atoms with Crippen molar-refractivity contribution < 1.29 is 13.9 Å². The first-order chi connectivity index (χ1) is 15.8. The molecule has 0 amide bonds. The first kappa shape index (κ1) is 30.5. The second-order valence-electron chi connectivity index (χ2n) is 12.4. The number of rotatable bonds is 14. The first-order valence-electron chi connectivity index (χ1n) is 13.0. The molecular weight excluding hydrogens is 493 g/mol. The van der Waals surface area contributed by atoms with Gasteiger partial charge in [-0.2, -0.15) is 0 Å². The Labute approximate surface area is 221 Å². The number of thioether (sulfide) groups is 2. The van der Waals surface area contributed by atoms with E-state index in [1.54, 1.807) is 0 Å². The highest BCUT2D eigenvalue weighted by molar-refractivity contribution is 8.18. The molecular formula is C27H50O3S2Si2. The molecule has 0 unspecified atom stereocenters. The Morgan fingerprint density at radius 1 is 1.03 bits per heavy atom. The van der Waals surface area contributed by atoms with E-state index in [9.17, 15) is 0 Å². The lowest BCUT2D eigenvalue weighted by Gasteiger charge is -2.39. The molecule has 3 nitrogen and oxygen atoms in total. The third kappa shape index (κ3) is 11.1. The molecule has 0 aromatic heterocycles. The van der Waals surface area contributed by atoms with Gasteiger partial charge in [0.05, 0.1) is 10.2 Å². The molecule has 1 fully saturated rings. The Morgan fingerprint density at radius 2 is 1.74 bits per heavy atom. The van der Waals surface area contributed by atoms with Gasteiger partial charge in [-0.1, -0.05) is 65.0 Å². The molecule has 0 bridgehead atoms. The van der Waals surface area contributed by atoms with E-state index >= 15 is 0 Å². The van der Waals surface area contributed by atoms with Gasteiger partial charge in [0.1, 0.15) is 6.79 Å². The zero-order valence-corrected chi connectivity index (χ0v) is 26.7. The Morgan fingerprint density at radius 3 is 2.32 bits per heavy atom. The molecule has 1 heterocycles. The van der Waals surface area contributed by atoms with Crippen molar-refractivity contribution in [2.24, 2.45) is 0 Å². The van der Waals surface area contributed by atoms with Crippen molar-refractivity contribution in [3.8, 4) is 0 Å². The zero-order chi connectivity index (χ0) is 25.3. The van der Waals surface area contributed by atoms with Crippen LogP contribution in [-0.4, -0.2) is 52.3 Å². The van der Waals surface area contributed by atoms with E-state index in [1.165, 1.54) is 36.0 Å². The molecule has 0 N–H and O–H groups in total. The van der Waals surface area contributed by atoms with Crippen LogP contribution in [0.4, 0.5) is 0 Å². The fourth-order valence-electron chi connectivity index (χ4n) is 3.65. The van der Waals surface area contributed by atoms with E-state index in [1.807, 2.05) is 11.8 Å². The van der Waals surface area contributed by atoms with Gasteiger partial charge in [-0.15, -0.1) is 23.5 Å². The summed E-state index contributed by atoms with van der Waals surface area (Å²) in [4.78, 5) is 1.36. The molecule has 1 aromatic carbocycles. The molecule has 0 aliphatic carbocycles. The highest BCUT2D eigenvalue weighted by atomic mass is 32.2. The molecule has 34 heavy (non-hydrogen) atoms. The van der Waals surface area contributed by atoms with E-state index in [0.717, 1.165) is 26.1 Å². The summed E-state index contributed by atoms with van der Waals surface area (Å²) in [5, 5.41) is 0.229. The smallest absolute Gasteiger partial charge is 0.191 e. The van der Waals surface area contributed by atoms with Gasteiger partial charge in [0.15, 0.2) is 8.32 Å². The predicted molar refractivity (Wildman–Crippen MR) is 158 cm³/mol. The summed E-state index contributed by atoms with van der Waals surface area (Å²) < 4.78 is 19.1. The topological polar surface area (TPSA) is 27.7 Å². The molecule has 0 radical (unpaired) electrons. The third-order valence-corrected chi connectivity index (χ3v) is 16.5. The van der Waals surface area contributed by atoms with Gasteiger partial charge in [0.2, 0.25) is 0 Å². The average Bonchev–Trinajstić information content (AvgIpc) is 2.73. The Bertz CT molecular complexity index is 696. The summed E-state index contributed by atoms with van der Waals surface area (Å²) in [7, 11) is -2.85. The lowest BCUT2D eigenvalue weighted by Crippen LogP contribution is -2.41. The molecule has 2 atom stereocenters. The largest absolute Gasteiger partial charge is 0.417 e. The van der Waals surface area contributed by atoms with Crippen LogP contribution in [0.25, 0.3) is 0 Å². The summed E-state index contributed by atoms with van der Waals surface area (Å²) in [5.41, 5.74) is 0. The van der Waals surface area contributed by atoms with Crippen molar-refractivity contribution in [2.45, 2.75) is 112 Å². The second-order valence-corrected chi connectivity index (χ2v) is 26.0. The Hall–Kier alpha value is 0.234. The summed E-state index contributed by atoms with van der Waals surface area (Å²) in [6.07, 6.45) is 5.97. The van der Waals surface area contributed by atoms with Crippen LogP contribution in [0.15, 0.2) is 35.2 Å². The van der Waals surface area contributed by atoms with Gasteiger partial charge < -0.3 is 13.9 Å². The minimum absolute atomic E-state index is 0.151. The van der Waals surface area contributed by atoms with Gasteiger partial charge in [-0.3, -0.25) is 0 Å². The minimum atomic E-state index is -1.76. The molecule has 196 valence electrons. The van der Waals surface area contributed by atoms with Crippen molar-refractivity contribution in [3.05, 3.63) is 30.3 Å². The maximum Gasteiger partial charge on any atom is 0.191 e. The maximum atomic E-state index is 6.55. The molecule has 1 aromatic rings. The summed E-state index contributed by atoms with van der Waals surface area (Å²) in [6.45, 7) is 20.8. The number of benzene rings is 1. The fraction of sp³-hybridized carbons (Fsp3) is 0.778. The summed E-state index contributed by atoms with van der Waals surface area (Å²) in [6, 6.07) is 12.1. The van der Waals surface area contributed by atoms with Crippen LogP contribution in [-0.2, 0) is 13.9 Å². The van der Waals surface area contributed by atoms with E-state index < -0.39 is 16.4 Å². The number of hydrogen-bond donors (Lipinski definition) is 0. The van der Waals surface area contributed by atoms with Crippen molar-refractivity contribution in [1.82, 2.24) is 0 Å². The van der Waals surface area contributed by atoms with Gasteiger partial charge in [-0.25, -0.2) is 0 Å². The van der Waals surface area contributed by atoms with Crippen LogP contribution in [0.1, 0.15) is 52.9 Å². The molecule has 0 spiro atoms. The zero-order valence-electron chi connectivity index (χ0n) is 23.1. The fourth-order valence-corrected chi connectivity index (χ4v) is 8.79. The van der Waals surface area contributed by atoms with Crippen LogP contribution in [0.5, 0.6) is 0 Å². The average molecular weight is 543 g/mol. The number of hydrogen-bond acceptors (Lipinski definition) is 5. The highest BCUT2D eigenvalue weighted by Crippen LogP contribution is 2.52. The molecule has 1 aliphatic heterocycles. The normalized spacial score (nSPS) is 20.9. The van der Waals surface area contributed by atoms with Crippen LogP contribution < -0.4 is 0 Å². The van der Waals surface area contributed by atoms with E-state index in [-0.39, 0.29) is 15.2 Å². The number of ether oxygens (including phenoxy) is 2. The van der Waals surface area contributed by atoms with Crippen molar-refractivity contribution in [1.29, 1.82) is 0 Å². The SMILES string of the molecule is CC(C)(C)[Si](C)(C)OCC[C@H](C[C@@]1(Sc2ccccc2)CCCCS1)OCOCC[Si](C)(C)C. The van der Waals surface area contributed by atoms with E-state index in [2.05, 4.69) is 95.6 Å². The van der Waals surface area contributed by atoms with Gasteiger partial charge in [0, 0.05) is 26.2 Å². The minimum Gasteiger partial charge on any atom is -0.417 e. The Kier molecular flexibility index (Phi) is 12.3. The Balaban J connectivity index is 2.04. The van der Waals surface area contributed by atoms with Gasteiger partial charge in [0.25, 0.3) is 0 Å². The van der Waals surface area contributed by atoms with E-state index in [0.29, 0.717) is 6.79 Å². The van der Waals surface area contributed by atoms with Crippen molar-refractivity contribution >= 4 is 39.9 Å². The van der Waals surface area contributed by atoms with Crippen molar-refractivity contribution in [2.75, 3.05) is 25.8 Å². The first-order valence-corrected chi connectivity index (χ1v) is 21.5. The van der Waals surface area contributed by atoms with Gasteiger partial charge >= 0.3 is 0 Å². The summed E-state index contributed by atoms with van der Waals surface area (Å²) in [5.74, 6) is 1.24. The van der Waals surface area contributed by atoms with Crippen LogP contribution in [0.2, 0.25) is 43.8 Å². The lowest BCUT2D eigenvalue weighted by molar-refractivity contribution is -0.0937. The van der Waals surface area contributed by atoms with Gasteiger partial charge in [-0.05, 0) is 67.7 Å². The highest BCUT2D eigenvalue weighted by Gasteiger charge is 2.39.